The summed E-state index contributed by atoms with van der Waals surface area (Å²) in [6.07, 6.45) is 2.78. The van der Waals surface area contributed by atoms with E-state index >= 15 is 0 Å². The van der Waals surface area contributed by atoms with E-state index in [1.165, 1.54) is 55.6 Å². The van der Waals surface area contributed by atoms with Gasteiger partial charge in [-0.25, -0.2) is 9.98 Å². The smallest absolute Gasteiger partial charge is 0.160 e. The Kier molecular flexibility index (Phi) is 8.82. The number of fused-ring (bicyclic) bond motifs is 7. The van der Waals surface area contributed by atoms with Crippen LogP contribution in [0.2, 0.25) is 0 Å². The number of pyridine rings is 1. The van der Waals surface area contributed by atoms with Gasteiger partial charge in [0.1, 0.15) is 0 Å². The Balaban J connectivity index is 1.03. The van der Waals surface area contributed by atoms with Gasteiger partial charge in [-0.15, -0.1) is 0 Å². The van der Waals surface area contributed by atoms with Crippen molar-refractivity contribution in [3.8, 4) is 33.4 Å². The van der Waals surface area contributed by atoms with Crippen LogP contribution >= 0.6 is 0 Å². The molecule has 0 unspecified atom stereocenters. The SMILES string of the molecule is C=C(N=C(N=C(C)c1ccc2c(c1)Cc1ccccc1-2)c1ccc(-c2cccc3cccnc23)cc1)c1cccc(C2(c3ccccc3)c3ccccc3-c3ccccc32)c1. The fourth-order valence-electron chi connectivity index (χ4n) is 9.72. The number of rotatable bonds is 7. The van der Waals surface area contributed by atoms with E-state index in [4.69, 9.17) is 15.0 Å². The van der Waals surface area contributed by atoms with Gasteiger partial charge < -0.3 is 0 Å². The second kappa shape index (κ2) is 14.8. The summed E-state index contributed by atoms with van der Waals surface area (Å²) < 4.78 is 0. The van der Waals surface area contributed by atoms with Crippen LogP contribution in [0, 0.1) is 0 Å². The van der Waals surface area contributed by atoms with Crippen molar-refractivity contribution < 1.29 is 0 Å². The first kappa shape index (κ1) is 36.3. The molecule has 0 saturated carbocycles. The quantitative estimate of drug-likeness (QED) is 0.117. The summed E-state index contributed by atoms with van der Waals surface area (Å²) >= 11 is 0. The summed E-state index contributed by atoms with van der Waals surface area (Å²) in [6.45, 7) is 6.71. The number of hydrogen-bond donors (Lipinski definition) is 0. The second-order valence-electron chi connectivity index (χ2n) is 16.0. The molecule has 0 saturated heterocycles. The van der Waals surface area contributed by atoms with Crippen LogP contribution in [0.4, 0.5) is 0 Å². The largest absolute Gasteiger partial charge is 0.256 e. The van der Waals surface area contributed by atoms with E-state index in [-0.39, 0.29) is 0 Å². The highest BCUT2D eigenvalue weighted by Crippen LogP contribution is 2.56. The fourth-order valence-corrected chi connectivity index (χ4v) is 9.72. The zero-order valence-corrected chi connectivity index (χ0v) is 33.9. The van der Waals surface area contributed by atoms with Crippen molar-refractivity contribution in [1.82, 2.24) is 4.98 Å². The first-order valence-electron chi connectivity index (χ1n) is 20.9. The second-order valence-corrected chi connectivity index (χ2v) is 16.0. The van der Waals surface area contributed by atoms with Crippen LogP contribution in [0.5, 0.6) is 0 Å². The Labute approximate surface area is 356 Å². The number of benzene rings is 8. The van der Waals surface area contributed by atoms with E-state index in [0.717, 1.165) is 50.9 Å². The first-order valence-corrected chi connectivity index (χ1v) is 20.9. The highest BCUT2D eigenvalue weighted by molar-refractivity contribution is 6.13. The van der Waals surface area contributed by atoms with Crippen LogP contribution < -0.4 is 0 Å². The minimum Gasteiger partial charge on any atom is -0.256 e. The average Bonchev–Trinajstić information content (AvgIpc) is 3.85. The third kappa shape index (κ3) is 6.08. The van der Waals surface area contributed by atoms with E-state index in [2.05, 4.69) is 208 Å². The molecule has 0 radical (unpaired) electrons. The van der Waals surface area contributed by atoms with E-state index < -0.39 is 5.41 Å². The van der Waals surface area contributed by atoms with Gasteiger partial charge in [-0.2, -0.15) is 0 Å². The summed E-state index contributed by atoms with van der Waals surface area (Å²) in [6, 6.07) is 71.7. The van der Waals surface area contributed by atoms with Gasteiger partial charge in [-0.3, -0.25) is 4.98 Å². The Bertz CT molecular complexity index is 3190. The van der Waals surface area contributed by atoms with Gasteiger partial charge in [0.25, 0.3) is 0 Å². The van der Waals surface area contributed by atoms with Crippen molar-refractivity contribution in [3.05, 3.63) is 263 Å². The third-order valence-corrected chi connectivity index (χ3v) is 12.6. The molecular formula is C58H41N3. The van der Waals surface area contributed by atoms with Crippen LogP contribution in [-0.4, -0.2) is 16.5 Å². The summed E-state index contributed by atoms with van der Waals surface area (Å²) in [5, 5.41) is 1.11. The van der Waals surface area contributed by atoms with Gasteiger partial charge in [0.2, 0.25) is 0 Å². The predicted molar refractivity (Wildman–Crippen MR) is 253 cm³/mol. The van der Waals surface area contributed by atoms with Crippen LogP contribution in [-0.2, 0) is 11.8 Å². The van der Waals surface area contributed by atoms with E-state index in [1.54, 1.807) is 0 Å². The highest BCUT2D eigenvalue weighted by Gasteiger charge is 2.45. The number of amidine groups is 1. The first-order chi connectivity index (χ1) is 30.1. The summed E-state index contributed by atoms with van der Waals surface area (Å²) in [5.74, 6) is 0.605. The lowest BCUT2D eigenvalue weighted by Crippen LogP contribution is -2.28. The molecule has 61 heavy (non-hydrogen) atoms. The van der Waals surface area contributed by atoms with Crippen molar-refractivity contribution in [3.63, 3.8) is 0 Å². The number of hydrogen-bond acceptors (Lipinski definition) is 2. The number of aromatic nitrogens is 1. The molecule has 0 fully saturated rings. The standard InChI is InChI=1S/C58H41N3/c1-38(43-17-12-21-48(37-43)58(47-19-4-3-5-20-47)54-26-10-8-23-52(54)53-24-9-11-27-55(53)58)60-57(42-30-28-40(29-31-42)51-25-13-16-41-18-14-34-59-56(41)51)61-39(2)44-32-33-50-46(35-44)36-45-15-6-7-22-49(45)50/h3-35,37H,1,36H2,2H3. The van der Waals surface area contributed by atoms with Crippen molar-refractivity contribution in [2.45, 2.75) is 18.8 Å². The lowest BCUT2D eigenvalue weighted by Gasteiger charge is -2.34. The summed E-state index contributed by atoms with van der Waals surface area (Å²) in [7, 11) is 0. The minimum atomic E-state index is -0.522. The van der Waals surface area contributed by atoms with Crippen molar-refractivity contribution in [2.24, 2.45) is 9.98 Å². The Hall–Kier alpha value is -7.75. The Morgan fingerprint density at radius 2 is 1.11 bits per heavy atom. The number of nitrogens with zero attached hydrogens (tertiary/aromatic N) is 3. The molecule has 0 amide bonds. The third-order valence-electron chi connectivity index (χ3n) is 12.6. The molecule has 3 nitrogen and oxygen atoms in total. The van der Waals surface area contributed by atoms with Crippen molar-refractivity contribution in [2.75, 3.05) is 0 Å². The Morgan fingerprint density at radius 1 is 0.492 bits per heavy atom. The summed E-state index contributed by atoms with van der Waals surface area (Å²) in [4.78, 5) is 15.4. The van der Waals surface area contributed by atoms with Crippen LogP contribution in [0.15, 0.2) is 223 Å². The zero-order chi connectivity index (χ0) is 40.9. The van der Waals surface area contributed by atoms with Gasteiger partial charge in [-0.1, -0.05) is 189 Å². The fraction of sp³-hybridized carbons (Fsp3) is 0.0517. The van der Waals surface area contributed by atoms with Gasteiger partial charge in [0.15, 0.2) is 5.84 Å². The molecule has 1 heterocycles. The highest BCUT2D eigenvalue weighted by atomic mass is 14.9. The molecule has 1 aromatic heterocycles. The molecule has 9 aromatic rings. The number of para-hydroxylation sites is 1. The molecular weight excluding hydrogens is 739 g/mol. The van der Waals surface area contributed by atoms with E-state index in [9.17, 15) is 0 Å². The maximum atomic E-state index is 5.32. The molecule has 0 aliphatic heterocycles. The molecule has 2 aliphatic carbocycles. The van der Waals surface area contributed by atoms with Gasteiger partial charge in [0, 0.05) is 28.4 Å². The topological polar surface area (TPSA) is 37.6 Å². The molecule has 2 aliphatic rings. The molecule has 8 aromatic carbocycles. The van der Waals surface area contributed by atoms with E-state index in [1.807, 2.05) is 12.3 Å². The van der Waals surface area contributed by atoms with Crippen molar-refractivity contribution >= 4 is 28.1 Å². The lowest BCUT2D eigenvalue weighted by molar-refractivity contribution is 0.768. The van der Waals surface area contributed by atoms with Crippen LogP contribution in [0.1, 0.15) is 57.0 Å². The normalized spacial score (nSPS) is 13.7. The van der Waals surface area contributed by atoms with E-state index in [0.29, 0.717) is 11.5 Å². The Morgan fingerprint density at radius 3 is 1.90 bits per heavy atom. The molecule has 0 spiro atoms. The molecule has 288 valence electrons. The van der Waals surface area contributed by atoms with Gasteiger partial charge in [-0.05, 0) is 104 Å². The molecule has 0 bridgehead atoms. The lowest BCUT2D eigenvalue weighted by atomic mass is 9.67. The molecule has 0 N–H and O–H groups in total. The molecule has 11 rings (SSSR count). The zero-order valence-electron chi connectivity index (χ0n) is 33.9. The van der Waals surface area contributed by atoms with Crippen LogP contribution in [0.25, 0.3) is 50.0 Å². The van der Waals surface area contributed by atoms with Gasteiger partial charge in [0.05, 0.1) is 16.6 Å². The molecule has 3 heteroatoms. The number of aliphatic imine (C=N–C) groups is 2. The average molecular weight is 780 g/mol. The predicted octanol–water partition coefficient (Wildman–Crippen LogP) is 13.8. The van der Waals surface area contributed by atoms with Crippen molar-refractivity contribution in [1.29, 1.82) is 0 Å². The summed E-state index contributed by atoms with van der Waals surface area (Å²) in [5.41, 5.74) is 19.8. The van der Waals surface area contributed by atoms with Crippen LogP contribution in [0.3, 0.4) is 0 Å². The minimum absolute atomic E-state index is 0.522. The maximum absolute atomic E-state index is 5.32. The molecule has 0 atom stereocenters. The van der Waals surface area contributed by atoms with Gasteiger partial charge >= 0.3 is 0 Å². The maximum Gasteiger partial charge on any atom is 0.160 e. The monoisotopic (exact) mass is 779 g/mol.